The van der Waals surface area contributed by atoms with E-state index < -0.39 is 13.3 Å². The van der Waals surface area contributed by atoms with Crippen molar-refractivity contribution in [2.45, 2.75) is 8.61 Å². The number of halogens is 4. The molecule has 16 heavy (non-hydrogen) atoms. The first-order chi connectivity index (χ1) is 7.29. The fourth-order valence-corrected chi connectivity index (χ4v) is 2.27. The molecule has 0 atom stereocenters. The van der Waals surface area contributed by atoms with Gasteiger partial charge in [-0.2, -0.15) is 0 Å². The molecule has 1 rings (SSSR count). The summed E-state index contributed by atoms with van der Waals surface area (Å²) in [5.74, 6) is -1.22. The van der Waals surface area contributed by atoms with Crippen LogP contribution in [0.2, 0.25) is 0 Å². The molecule has 0 spiro atoms. The van der Waals surface area contributed by atoms with Crippen molar-refractivity contribution < 1.29 is 18.3 Å². The molecule has 0 aromatic heterocycles. The van der Waals surface area contributed by atoms with Crippen molar-refractivity contribution in [2.24, 2.45) is 0 Å². The van der Waals surface area contributed by atoms with Gasteiger partial charge in [0.2, 0.25) is 1.68 Å². The minimum absolute atomic E-state index is 0.0915. The number of alkyl halides is 3. The van der Waals surface area contributed by atoms with Gasteiger partial charge in [0, 0.05) is 0 Å². The van der Waals surface area contributed by atoms with Gasteiger partial charge in [0.15, 0.2) is 5.78 Å². The molecule has 1 aromatic rings. The highest BCUT2D eigenvalue weighted by Gasteiger charge is 2.33. The molecule has 1 aromatic carbocycles. The number of benzene rings is 1. The highest BCUT2D eigenvalue weighted by molar-refractivity contribution is 14.2. The molecule has 0 radical (unpaired) electrons. The number of hydrogen-bond acceptors (Lipinski definition) is 2. The second kappa shape index (κ2) is 5.11. The molecule has 0 aliphatic heterocycles. The lowest BCUT2D eigenvalue weighted by Gasteiger charge is -2.17. The zero-order chi connectivity index (χ0) is 12.5. The first kappa shape index (κ1) is 14.1. The van der Waals surface area contributed by atoms with Crippen LogP contribution in [0.1, 0.15) is 22.8 Å². The van der Waals surface area contributed by atoms with Crippen LogP contribution in [0, 0.1) is 5.82 Å². The molecule has 0 N–H and O–H groups in total. The molecule has 0 unspecified atom stereocenters. The van der Waals surface area contributed by atoms with E-state index in [0.29, 0.717) is 0 Å². The highest BCUT2D eigenvalue weighted by Crippen LogP contribution is 2.46. The van der Waals surface area contributed by atoms with Gasteiger partial charge in [-0.15, -0.1) is 0 Å². The van der Waals surface area contributed by atoms with Crippen LogP contribution in [0.5, 0.6) is 5.75 Å². The van der Waals surface area contributed by atoms with Crippen molar-refractivity contribution in [1.29, 1.82) is 0 Å². The summed E-state index contributed by atoms with van der Waals surface area (Å²) in [6, 6.07) is 2.68. The van der Waals surface area contributed by atoms with E-state index in [9.17, 15) is 13.6 Å². The van der Waals surface area contributed by atoms with Crippen LogP contribution in [-0.2, 0) is 1.68 Å². The lowest BCUT2D eigenvalue weighted by Crippen LogP contribution is -2.10. The maximum Gasteiger partial charge on any atom is 0.241 e. The highest BCUT2D eigenvalue weighted by atomic mass is 127. The Balaban J connectivity index is 3.53. The number of Topliss-reactive ketones (excluding diaryl/α,β-unsaturated/α-hetero) is 1. The maximum atomic E-state index is 13.9. The summed E-state index contributed by atoms with van der Waals surface area (Å²) < 4.78 is 30.7. The van der Waals surface area contributed by atoms with Gasteiger partial charge in [-0.25, -0.2) is 8.78 Å². The van der Waals surface area contributed by atoms with Crippen LogP contribution in [0.4, 0.5) is 8.78 Å². The maximum absolute atomic E-state index is 13.9. The van der Waals surface area contributed by atoms with Gasteiger partial charge in [0.25, 0.3) is 0 Å². The standard InChI is InChI=1S/C10H8F2I2O2/c1-5(15)6-3-4-7(16-2)8(9(6)11)10(12,13)14/h3-4H,1-2H3. The van der Waals surface area contributed by atoms with E-state index in [1.165, 1.54) is 71.3 Å². The van der Waals surface area contributed by atoms with Gasteiger partial charge in [-0.1, -0.05) is 0 Å². The van der Waals surface area contributed by atoms with Crippen molar-refractivity contribution in [1.82, 2.24) is 0 Å². The third-order valence-electron chi connectivity index (χ3n) is 1.99. The number of hydrogen-bond donors (Lipinski definition) is 0. The van der Waals surface area contributed by atoms with Gasteiger partial charge < -0.3 is 4.74 Å². The van der Waals surface area contributed by atoms with E-state index in [2.05, 4.69) is 0 Å². The molecule has 2 nitrogen and oxygen atoms in total. The molecule has 0 aliphatic carbocycles. The minimum atomic E-state index is -1.96. The Morgan fingerprint density at radius 2 is 2.00 bits per heavy atom. The van der Waals surface area contributed by atoms with Crippen molar-refractivity contribution in [3.8, 4) is 5.75 Å². The van der Waals surface area contributed by atoms with Gasteiger partial charge in [0.05, 0.1) is 18.2 Å². The summed E-state index contributed by atoms with van der Waals surface area (Å²) in [5.41, 5.74) is -0.380. The van der Waals surface area contributed by atoms with Crippen molar-refractivity contribution in [2.75, 3.05) is 7.11 Å². The van der Waals surface area contributed by atoms with E-state index in [1.807, 2.05) is 0 Å². The van der Waals surface area contributed by atoms with E-state index in [-0.39, 0.29) is 16.9 Å². The van der Waals surface area contributed by atoms with Crippen LogP contribution in [0.15, 0.2) is 12.1 Å². The summed E-state index contributed by atoms with van der Waals surface area (Å²) in [7, 11) is 1.32. The molecule has 0 aliphatic rings. The van der Waals surface area contributed by atoms with Gasteiger partial charge >= 0.3 is 0 Å². The second-order valence-corrected chi connectivity index (χ2v) is 8.10. The normalized spacial score (nSPS) is 11.4. The number of carbonyl (C=O) groups excluding carboxylic acids is 1. The van der Waals surface area contributed by atoms with Crippen LogP contribution >= 0.6 is 45.2 Å². The average molecular weight is 452 g/mol. The zero-order valence-electron chi connectivity index (χ0n) is 8.48. The molecular weight excluding hydrogens is 444 g/mol. The van der Waals surface area contributed by atoms with E-state index in [0.717, 1.165) is 0 Å². The summed E-state index contributed by atoms with van der Waals surface area (Å²) >= 11 is 2.89. The Kier molecular flexibility index (Phi) is 4.49. The quantitative estimate of drug-likeness (QED) is 0.394. The van der Waals surface area contributed by atoms with Crippen molar-refractivity contribution in [3.63, 3.8) is 0 Å². The van der Waals surface area contributed by atoms with E-state index in [4.69, 9.17) is 4.74 Å². The second-order valence-electron chi connectivity index (χ2n) is 3.06. The van der Waals surface area contributed by atoms with Crippen LogP contribution in [-0.4, -0.2) is 12.9 Å². The lowest BCUT2D eigenvalue weighted by atomic mass is 10.1. The molecule has 0 heterocycles. The van der Waals surface area contributed by atoms with Gasteiger partial charge in [-0.05, 0) is 64.2 Å². The monoisotopic (exact) mass is 452 g/mol. The minimum Gasteiger partial charge on any atom is -0.496 e. The summed E-state index contributed by atoms with van der Waals surface area (Å²) in [6.07, 6.45) is 0. The fourth-order valence-electron chi connectivity index (χ4n) is 1.26. The average Bonchev–Trinajstić information content (AvgIpc) is 2.14. The molecule has 6 heteroatoms. The van der Waals surface area contributed by atoms with Crippen LogP contribution in [0.3, 0.4) is 0 Å². The summed E-state index contributed by atoms with van der Waals surface area (Å²) in [6.45, 7) is 1.23. The van der Waals surface area contributed by atoms with Crippen LogP contribution < -0.4 is 4.74 Å². The topological polar surface area (TPSA) is 26.3 Å². The predicted octanol–water partition coefficient (Wildman–Crippen LogP) is 3.99. The Labute approximate surface area is 119 Å². The van der Waals surface area contributed by atoms with Crippen LogP contribution in [0.25, 0.3) is 0 Å². The van der Waals surface area contributed by atoms with Crippen molar-refractivity contribution in [3.05, 3.63) is 29.1 Å². The number of methoxy groups -OCH3 is 1. The molecule has 0 saturated heterocycles. The Morgan fingerprint density at radius 1 is 1.44 bits per heavy atom. The SMILES string of the molecule is COc1ccc(C(C)=O)c(F)c1C(F)(I)I. The first-order valence-electron chi connectivity index (χ1n) is 4.23. The molecule has 0 fully saturated rings. The molecule has 0 saturated carbocycles. The number of carbonyl (C=O) groups is 1. The van der Waals surface area contributed by atoms with Crippen molar-refractivity contribution >= 4 is 51.0 Å². The largest absolute Gasteiger partial charge is 0.496 e. The number of ether oxygens (including phenoxy) is 1. The first-order valence-corrected chi connectivity index (χ1v) is 6.39. The number of ketones is 1. The molecule has 0 bridgehead atoms. The predicted molar refractivity (Wildman–Crippen MR) is 73.8 cm³/mol. The van der Waals surface area contributed by atoms with Gasteiger partial charge in [0.1, 0.15) is 11.6 Å². The number of rotatable bonds is 3. The third-order valence-corrected chi connectivity index (χ3v) is 3.07. The van der Waals surface area contributed by atoms with E-state index in [1.54, 1.807) is 0 Å². The Hall–Kier alpha value is 0.01000. The Morgan fingerprint density at radius 3 is 2.38 bits per heavy atom. The van der Waals surface area contributed by atoms with E-state index >= 15 is 0 Å². The lowest BCUT2D eigenvalue weighted by molar-refractivity contribution is 0.101. The summed E-state index contributed by atoms with van der Waals surface area (Å²) in [4.78, 5) is 11.1. The Bertz CT molecular complexity index is 428. The molecule has 0 amide bonds. The van der Waals surface area contributed by atoms with Gasteiger partial charge in [-0.3, -0.25) is 4.79 Å². The smallest absolute Gasteiger partial charge is 0.241 e. The zero-order valence-corrected chi connectivity index (χ0v) is 12.8. The third kappa shape index (κ3) is 2.82. The molecular formula is C10H8F2I2O2. The summed E-state index contributed by atoms with van der Waals surface area (Å²) in [5, 5.41) is 0. The fraction of sp³-hybridized carbons (Fsp3) is 0.300. The molecule has 88 valence electrons.